The Bertz CT molecular complexity index is 605. The van der Waals surface area contributed by atoms with Crippen molar-refractivity contribution in [1.29, 1.82) is 0 Å². The van der Waals surface area contributed by atoms with E-state index in [9.17, 15) is 18.4 Å². The van der Waals surface area contributed by atoms with Gasteiger partial charge in [-0.3, -0.25) is 4.79 Å². The Morgan fingerprint density at radius 3 is 2.90 bits per heavy atom. The zero-order valence-corrected chi connectivity index (χ0v) is 11.7. The van der Waals surface area contributed by atoms with Crippen molar-refractivity contribution in [1.82, 2.24) is 0 Å². The van der Waals surface area contributed by atoms with E-state index < -0.39 is 23.3 Å². The van der Waals surface area contributed by atoms with Crippen LogP contribution in [-0.4, -0.2) is 30.4 Å². The second-order valence-electron chi connectivity index (χ2n) is 5.03. The minimum absolute atomic E-state index is 0.131. The minimum atomic E-state index is -1.03. The lowest BCUT2D eigenvalue weighted by Crippen LogP contribution is -2.48. The molecule has 0 radical (unpaired) electrons. The molecule has 106 valence electrons. The zero-order valence-electron chi connectivity index (χ0n) is 10.9. The fourth-order valence-electron chi connectivity index (χ4n) is 2.83. The summed E-state index contributed by atoms with van der Waals surface area (Å²) in [6, 6.07) is 1.06. The molecular weight excluding hydrogens is 284 g/mol. The largest absolute Gasteiger partial charge is 0.365 e. The Hall–Kier alpha value is -1.43. The second-order valence-corrected chi connectivity index (χ2v) is 6.06. The molecule has 3 nitrogen and oxygen atoms in total. The third-order valence-electron chi connectivity index (χ3n) is 3.93. The van der Waals surface area contributed by atoms with Crippen LogP contribution in [0.5, 0.6) is 0 Å². The molecule has 2 atom stereocenters. The van der Waals surface area contributed by atoms with Crippen LogP contribution in [0, 0.1) is 17.6 Å². The number of nitrogens with zero attached hydrogens (tertiary/aromatic N) is 1. The molecule has 3 rings (SSSR count). The van der Waals surface area contributed by atoms with Gasteiger partial charge < -0.3 is 9.69 Å². The van der Waals surface area contributed by atoms with Crippen molar-refractivity contribution in [2.45, 2.75) is 24.3 Å². The van der Waals surface area contributed by atoms with Crippen molar-refractivity contribution < 1.29 is 18.4 Å². The van der Waals surface area contributed by atoms with Crippen LogP contribution in [0.4, 0.5) is 14.5 Å². The molecule has 2 aliphatic rings. The Balaban J connectivity index is 2.24. The molecule has 2 unspecified atom stereocenters. The van der Waals surface area contributed by atoms with Gasteiger partial charge in [0.2, 0.25) is 0 Å². The van der Waals surface area contributed by atoms with Crippen molar-refractivity contribution in [3.8, 4) is 0 Å². The molecule has 0 amide bonds. The molecule has 20 heavy (non-hydrogen) atoms. The van der Waals surface area contributed by atoms with Gasteiger partial charge in [0.25, 0.3) is 0 Å². The van der Waals surface area contributed by atoms with Gasteiger partial charge in [-0.15, -0.1) is 11.8 Å². The number of carbonyl (C=O) groups excluding carboxylic acids is 2. The number of rotatable bonds is 2. The highest BCUT2D eigenvalue weighted by atomic mass is 32.2. The Kier molecular flexibility index (Phi) is 3.28. The van der Waals surface area contributed by atoms with E-state index in [0.717, 1.165) is 12.5 Å². The van der Waals surface area contributed by atoms with Crippen LogP contribution >= 0.6 is 11.8 Å². The van der Waals surface area contributed by atoms with E-state index in [0.29, 0.717) is 17.7 Å². The molecular formula is C14H13F2NO2S. The summed E-state index contributed by atoms with van der Waals surface area (Å²) in [4.78, 5) is 25.3. The quantitative estimate of drug-likeness (QED) is 0.621. The maximum absolute atomic E-state index is 13.9. The molecule has 2 aliphatic heterocycles. The van der Waals surface area contributed by atoms with E-state index in [1.165, 1.54) is 11.8 Å². The molecule has 0 N–H and O–H groups in total. The number of carbonyl (C=O) groups is 2. The lowest BCUT2D eigenvalue weighted by molar-refractivity contribution is -0.109. The number of thioether (sulfide) groups is 1. The Labute approximate surface area is 119 Å². The highest BCUT2D eigenvalue weighted by Crippen LogP contribution is 2.46. The topological polar surface area (TPSA) is 37.4 Å². The van der Waals surface area contributed by atoms with Crippen LogP contribution in [0.1, 0.15) is 23.7 Å². The highest BCUT2D eigenvalue weighted by Gasteiger charge is 2.40. The summed E-state index contributed by atoms with van der Waals surface area (Å²) >= 11 is 1.24. The summed E-state index contributed by atoms with van der Waals surface area (Å²) in [5, 5.41) is 0. The van der Waals surface area contributed by atoms with Crippen molar-refractivity contribution in [2.24, 2.45) is 5.92 Å². The summed E-state index contributed by atoms with van der Waals surface area (Å²) in [5.74, 6) is -2.50. The van der Waals surface area contributed by atoms with Crippen LogP contribution in [0.15, 0.2) is 11.0 Å². The third kappa shape index (κ3) is 1.78. The standard InChI is InChI=1S/C14H13F2NO2S/c1-2-8-6-20-14-11(16)10(15)3-9-12(14)17(8)4-7(5-18)13(9)19/h3,5,7-8H,2,4,6H2,1H3. The number of hydrogen-bond donors (Lipinski definition) is 0. The lowest BCUT2D eigenvalue weighted by Gasteiger charge is -2.43. The Morgan fingerprint density at radius 1 is 1.50 bits per heavy atom. The molecule has 0 saturated heterocycles. The highest BCUT2D eigenvalue weighted by molar-refractivity contribution is 7.99. The van der Waals surface area contributed by atoms with E-state index in [1.54, 1.807) is 0 Å². The molecule has 0 bridgehead atoms. The van der Waals surface area contributed by atoms with Crippen LogP contribution in [0.2, 0.25) is 0 Å². The first-order valence-electron chi connectivity index (χ1n) is 6.49. The first-order chi connectivity index (χ1) is 9.58. The van der Waals surface area contributed by atoms with Gasteiger partial charge in [-0.25, -0.2) is 8.78 Å². The summed E-state index contributed by atoms with van der Waals surface area (Å²) in [5.41, 5.74) is 0.600. The van der Waals surface area contributed by atoms with Crippen LogP contribution < -0.4 is 4.90 Å². The molecule has 2 heterocycles. The summed E-state index contributed by atoms with van der Waals surface area (Å²) in [6.45, 7) is 2.26. The van der Waals surface area contributed by atoms with Crippen LogP contribution in [0.3, 0.4) is 0 Å². The van der Waals surface area contributed by atoms with Gasteiger partial charge in [-0.1, -0.05) is 6.92 Å². The number of hydrogen-bond acceptors (Lipinski definition) is 4. The molecule has 1 aromatic carbocycles. The maximum Gasteiger partial charge on any atom is 0.177 e. The second kappa shape index (κ2) is 4.84. The lowest BCUT2D eigenvalue weighted by atomic mass is 9.90. The van der Waals surface area contributed by atoms with Gasteiger partial charge >= 0.3 is 0 Å². The SMILES string of the molecule is CCC1CSc2c(F)c(F)cc3c2N1CC(C=O)C3=O. The number of benzene rings is 1. The van der Waals surface area contributed by atoms with Crippen molar-refractivity contribution in [2.75, 3.05) is 17.2 Å². The van der Waals surface area contributed by atoms with Gasteiger partial charge in [0.1, 0.15) is 6.29 Å². The molecule has 6 heteroatoms. The summed E-state index contributed by atoms with van der Waals surface area (Å²) in [6.07, 6.45) is 1.42. The van der Waals surface area contributed by atoms with Crippen molar-refractivity contribution >= 4 is 29.5 Å². The van der Waals surface area contributed by atoms with Gasteiger partial charge in [-0.2, -0.15) is 0 Å². The maximum atomic E-state index is 13.9. The molecule has 0 fully saturated rings. The molecule has 0 aliphatic carbocycles. The van der Waals surface area contributed by atoms with Gasteiger partial charge in [-0.05, 0) is 12.5 Å². The predicted molar refractivity (Wildman–Crippen MR) is 72.4 cm³/mol. The average molecular weight is 297 g/mol. The van der Waals surface area contributed by atoms with E-state index in [2.05, 4.69) is 0 Å². The Morgan fingerprint density at radius 2 is 2.25 bits per heavy atom. The van der Waals surface area contributed by atoms with E-state index >= 15 is 0 Å². The summed E-state index contributed by atoms with van der Waals surface area (Å²) in [7, 11) is 0. The third-order valence-corrected chi connectivity index (χ3v) is 5.14. The van der Waals surface area contributed by atoms with Gasteiger partial charge in [0.05, 0.1) is 16.5 Å². The summed E-state index contributed by atoms with van der Waals surface area (Å²) < 4.78 is 27.6. The van der Waals surface area contributed by atoms with Crippen LogP contribution in [0.25, 0.3) is 0 Å². The molecule has 1 aromatic rings. The van der Waals surface area contributed by atoms with Crippen molar-refractivity contribution in [3.63, 3.8) is 0 Å². The number of Topliss-reactive ketones (excluding diaryl/α,β-unsaturated/α-hetero) is 1. The normalized spacial score (nSPS) is 24.6. The smallest absolute Gasteiger partial charge is 0.177 e. The fourth-order valence-corrected chi connectivity index (χ4v) is 4.19. The number of anilines is 1. The fraction of sp³-hybridized carbons (Fsp3) is 0.429. The van der Waals surface area contributed by atoms with Crippen molar-refractivity contribution in [3.05, 3.63) is 23.3 Å². The average Bonchev–Trinajstić information content (AvgIpc) is 2.46. The van der Waals surface area contributed by atoms with E-state index in [1.807, 2.05) is 11.8 Å². The van der Waals surface area contributed by atoms with Gasteiger partial charge in [0.15, 0.2) is 17.4 Å². The minimum Gasteiger partial charge on any atom is -0.365 e. The molecule has 0 aromatic heterocycles. The van der Waals surface area contributed by atoms with E-state index in [-0.39, 0.29) is 23.0 Å². The van der Waals surface area contributed by atoms with Gasteiger partial charge in [0, 0.05) is 23.9 Å². The zero-order chi connectivity index (χ0) is 14.4. The number of ketones is 1. The van der Waals surface area contributed by atoms with Crippen LogP contribution in [-0.2, 0) is 4.79 Å². The monoisotopic (exact) mass is 297 g/mol. The number of aldehydes is 1. The predicted octanol–water partition coefficient (Wildman–Crippen LogP) is 2.67. The first-order valence-corrected chi connectivity index (χ1v) is 7.48. The first kappa shape index (κ1) is 13.5. The number of halogens is 2. The molecule has 0 saturated carbocycles. The molecule has 0 spiro atoms. The van der Waals surface area contributed by atoms with E-state index in [4.69, 9.17) is 0 Å².